The first-order valence-corrected chi connectivity index (χ1v) is 6.77. The molecule has 2 rings (SSSR count). The lowest BCUT2D eigenvalue weighted by Gasteiger charge is -2.26. The minimum Gasteiger partial charge on any atom is -0.379 e. The Bertz CT molecular complexity index is 589. The van der Waals surface area contributed by atoms with Gasteiger partial charge in [-0.15, -0.1) is 0 Å². The van der Waals surface area contributed by atoms with Gasteiger partial charge >= 0.3 is 0 Å². The predicted octanol–water partition coefficient (Wildman–Crippen LogP) is 0.718. The molecule has 0 radical (unpaired) electrons. The minimum absolute atomic E-state index is 0.0673. The Morgan fingerprint density at radius 1 is 1.33 bits per heavy atom. The zero-order valence-electron chi connectivity index (χ0n) is 9.47. The molecule has 1 aromatic rings. The average Bonchev–Trinajstić information content (AvgIpc) is 2.40. The molecule has 0 aromatic heterocycles. The largest absolute Gasteiger partial charge is 0.379 e. The molecule has 0 N–H and O–H groups in total. The number of ether oxygens (including phenoxy) is 1. The normalized spacial score (nSPS) is 17.3. The Morgan fingerprint density at radius 2 is 2.00 bits per heavy atom. The van der Waals surface area contributed by atoms with Crippen molar-refractivity contribution < 1.29 is 17.5 Å². The second-order valence-electron chi connectivity index (χ2n) is 3.77. The highest BCUT2D eigenvalue weighted by Crippen LogP contribution is 2.19. The van der Waals surface area contributed by atoms with E-state index in [0.717, 1.165) is 12.1 Å². The predicted molar refractivity (Wildman–Crippen MR) is 60.7 cm³/mol. The fourth-order valence-corrected chi connectivity index (χ4v) is 3.12. The van der Waals surface area contributed by atoms with Gasteiger partial charge < -0.3 is 4.74 Å². The second kappa shape index (κ2) is 5.02. The third-order valence-electron chi connectivity index (χ3n) is 2.67. The first-order chi connectivity index (χ1) is 8.55. The maximum absolute atomic E-state index is 13.1. The quantitative estimate of drug-likeness (QED) is 0.794. The molecule has 5 nitrogen and oxygen atoms in total. The van der Waals surface area contributed by atoms with Gasteiger partial charge in [-0.25, -0.2) is 12.8 Å². The lowest BCUT2D eigenvalue weighted by molar-refractivity contribution is 0.0730. The smallest absolute Gasteiger partial charge is 0.243 e. The Morgan fingerprint density at radius 3 is 2.61 bits per heavy atom. The summed E-state index contributed by atoms with van der Waals surface area (Å²) in [5, 5.41) is 8.70. The molecule has 18 heavy (non-hydrogen) atoms. The monoisotopic (exact) mass is 270 g/mol. The van der Waals surface area contributed by atoms with Gasteiger partial charge in [0.25, 0.3) is 0 Å². The van der Waals surface area contributed by atoms with Crippen molar-refractivity contribution in [1.82, 2.24) is 4.31 Å². The van der Waals surface area contributed by atoms with Crippen LogP contribution >= 0.6 is 0 Å². The maximum Gasteiger partial charge on any atom is 0.243 e. The number of nitrogens with zero attached hydrogens (tertiary/aromatic N) is 2. The number of rotatable bonds is 2. The molecule has 1 fully saturated rings. The van der Waals surface area contributed by atoms with Crippen LogP contribution in [0.15, 0.2) is 23.1 Å². The number of nitriles is 1. The molecule has 0 bridgehead atoms. The highest BCUT2D eigenvalue weighted by Gasteiger charge is 2.26. The molecule has 0 unspecified atom stereocenters. The zero-order chi connectivity index (χ0) is 13.2. The van der Waals surface area contributed by atoms with E-state index in [4.69, 9.17) is 10.00 Å². The van der Waals surface area contributed by atoms with Crippen LogP contribution in [0.25, 0.3) is 0 Å². The van der Waals surface area contributed by atoms with Gasteiger partial charge in [0.15, 0.2) is 0 Å². The molecule has 1 saturated heterocycles. The molecule has 0 aliphatic carbocycles. The zero-order valence-corrected chi connectivity index (χ0v) is 10.3. The van der Waals surface area contributed by atoms with E-state index >= 15 is 0 Å². The molecular weight excluding hydrogens is 259 g/mol. The van der Waals surface area contributed by atoms with Crippen LogP contribution in [0, 0.1) is 17.1 Å². The molecule has 0 spiro atoms. The molecule has 0 amide bonds. The molecule has 0 atom stereocenters. The third-order valence-corrected chi connectivity index (χ3v) is 4.56. The number of sulfonamides is 1. The summed E-state index contributed by atoms with van der Waals surface area (Å²) < 4.78 is 43.9. The lowest BCUT2D eigenvalue weighted by Crippen LogP contribution is -2.40. The molecule has 1 aliphatic rings. The van der Waals surface area contributed by atoms with Gasteiger partial charge in [0, 0.05) is 13.1 Å². The highest BCUT2D eigenvalue weighted by molar-refractivity contribution is 7.89. The van der Waals surface area contributed by atoms with Crippen LogP contribution in [0.4, 0.5) is 4.39 Å². The van der Waals surface area contributed by atoms with Crippen LogP contribution in [0.1, 0.15) is 5.56 Å². The van der Waals surface area contributed by atoms with Gasteiger partial charge in [0.2, 0.25) is 10.0 Å². The van der Waals surface area contributed by atoms with Crippen molar-refractivity contribution in [3.63, 3.8) is 0 Å². The number of hydrogen-bond donors (Lipinski definition) is 0. The summed E-state index contributed by atoms with van der Waals surface area (Å²) >= 11 is 0. The van der Waals surface area contributed by atoms with Crippen LogP contribution in [0.2, 0.25) is 0 Å². The van der Waals surface area contributed by atoms with E-state index < -0.39 is 15.8 Å². The SMILES string of the molecule is N#Cc1cc(S(=O)(=O)N2CCOCC2)ccc1F. The summed E-state index contributed by atoms with van der Waals surface area (Å²) in [4.78, 5) is -0.0673. The van der Waals surface area contributed by atoms with Gasteiger partial charge in [-0.3, -0.25) is 0 Å². The Labute approximate surface area is 104 Å². The number of morpholine rings is 1. The Balaban J connectivity index is 2.38. The highest BCUT2D eigenvalue weighted by atomic mass is 32.2. The van der Waals surface area contributed by atoms with Crippen LogP contribution in [-0.4, -0.2) is 39.0 Å². The molecule has 0 saturated carbocycles. The van der Waals surface area contributed by atoms with Gasteiger partial charge in [-0.05, 0) is 18.2 Å². The molecule has 96 valence electrons. The first kappa shape index (κ1) is 13.0. The summed E-state index contributed by atoms with van der Waals surface area (Å²) in [6.45, 7) is 1.21. The van der Waals surface area contributed by atoms with E-state index in [0.29, 0.717) is 13.2 Å². The number of hydrogen-bond acceptors (Lipinski definition) is 4. The van der Waals surface area contributed by atoms with Crippen molar-refractivity contribution in [2.75, 3.05) is 26.3 Å². The van der Waals surface area contributed by atoms with E-state index in [1.807, 2.05) is 0 Å². The van der Waals surface area contributed by atoms with Crippen LogP contribution in [0.5, 0.6) is 0 Å². The van der Waals surface area contributed by atoms with Crippen LogP contribution in [-0.2, 0) is 14.8 Å². The van der Waals surface area contributed by atoms with Crippen molar-refractivity contribution in [1.29, 1.82) is 5.26 Å². The van der Waals surface area contributed by atoms with E-state index in [1.54, 1.807) is 6.07 Å². The first-order valence-electron chi connectivity index (χ1n) is 5.33. The van der Waals surface area contributed by atoms with Crippen molar-refractivity contribution >= 4 is 10.0 Å². The summed E-state index contributed by atoms with van der Waals surface area (Å²) in [5.74, 6) is -0.724. The van der Waals surface area contributed by atoms with Gasteiger partial charge in [0.05, 0.1) is 23.7 Å². The molecule has 1 aromatic carbocycles. The Kier molecular flexibility index (Phi) is 3.61. The van der Waals surface area contributed by atoms with Gasteiger partial charge in [-0.2, -0.15) is 9.57 Å². The number of benzene rings is 1. The lowest BCUT2D eigenvalue weighted by atomic mass is 10.2. The van der Waals surface area contributed by atoms with Crippen molar-refractivity contribution in [2.24, 2.45) is 0 Å². The van der Waals surface area contributed by atoms with Gasteiger partial charge in [0.1, 0.15) is 11.9 Å². The summed E-state index contributed by atoms with van der Waals surface area (Å²) in [5.41, 5.74) is -0.274. The second-order valence-corrected chi connectivity index (χ2v) is 5.71. The summed E-state index contributed by atoms with van der Waals surface area (Å²) in [6, 6.07) is 4.84. The van der Waals surface area contributed by atoms with Crippen LogP contribution < -0.4 is 0 Å². The minimum atomic E-state index is -3.68. The maximum atomic E-state index is 13.1. The molecule has 1 aliphatic heterocycles. The molecule has 7 heteroatoms. The fraction of sp³-hybridized carbons (Fsp3) is 0.364. The van der Waals surface area contributed by atoms with Crippen molar-refractivity contribution in [2.45, 2.75) is 4.90 Å². The summed E-state index contributed by atoms with van der Waals surface area (Å²) in [6.07, 6.45) is 0. The third kappa shape index (κ3) is 2.36. The standard InChI is InChI=1S/C11H11FN2O3S/c12-11-2-1-10(7-9(11)8-13)18(15,16)14-3-5-17-6-4-14/h1-2,7H,3-6H2. The van der Waals surface area contributed by atoms with E-state index in [9.17, 15) is 12.8 Å². The van der Waals surface area contributed by atoms with E-state index in [1.165, 1.54) is 10.4 Å². The van der Waals surface area contributed by atoms with E-state index in [-0.39, 0.29) is 23.5 Å². The van der Waals surface area contributed by atoms with E-state index in [2.05, 4.69) is 0 Å². The van der Waals surface area contributed by atoms with Crippen molar-refractivity contribution in [3.05, 3.63) is 29.6 Å². The fourth-order valence-electron chi connectivity index (χ4n) is 1.69. The average molecular weight is 270 g/mol. The molecular formula is C11H11FN2O3S. The molecule has 1 heterocycles. The summed E-state index contributed by atoms with van der Waals surface area (Å²) in [7, 11) is -3.68. The Hall–Kier alpha value is -1.49. The topological polar surface area (TPSA) is 70.4 Å². The van der Waals surface area contributed by atoms with Crippen molar-refractivity contribution in [3.8, 4) is 6.07 Å². The number of halogens is 1. The van der Waals surface area contributed by atoms with Gasteiger partial charge in [-0.1, -0.05) is 0 Å². The van der Waals surface area contributed by atoms with Crippen LogP contribution in [0.3, 0.4) is 0 Å².